The van der Waals surface area contributed by atoms with Gasteiger partial charge in [0.15, 0.2) is 5.13 Å². The van der Waals surface area contributed by atoms with Gasteiger partial charge in [0.25, 0.3) is 0 Å². The third-order valence-electron chi connectivity index (χ3n) is 4.66. The molecule has 0 atom stereocenters. The van der Waals surface area contributed by atoms with Crippen LogP contribution in [-0.2, 0) is 16.0 Å². The van der Waals surface area contributed by atoms with Gasteiger partial charge in [-0.3, -0.25) is 14.5 Å². The number of fused-ring (bicyclic) bond motifs is 1. The Balaban J connectivity index is 1.61. The van der Waals surface area contributed by atoms with Crippen LogP contribution in [0.5, 0.6) is 0 Å². The van der Waals surface area contributed by atoms with Gasteiger partial charge in [0.05, 0.1) is 6.42 Å². The summed E-state index contributed by atoms with van der Waals surface area (Å²) >= 11 is 1.41. The van der Waals surface area contributed by atoms with E-state index in [1.54, 1.807) is 16.0 Å². The number of carbonyl (C=O) groups is 2. The van der Waals surface area contributed by atoms with Gasteiger partial charge in [-0.15, -0.1) is 11.3 Å². The monoisotopic (exact) mass is 365 g/mol. The first-order valence-electron chi connectivity index (χ1n) is 8.66. The van der Waals surface area contributed by atoms with Gasteiger partial charge in [0.2, 0.25) is 11.8 Å². The topological polar surface area (TPSA) is 53.5 Å². The minimum Gasteiger partial charge on any atom is -0.324 e. The number of rotatable bonds is 5. The first-order valence-corrected chi connectivity index (χ1v) is 9.54. The Morgan fingerprint density at radius 3 is 2.81 bits per heavy atom. The van der Waals surface area contributed by atoms with Crippen molar-refractivity contribution in [2.45, 2.75) is 19.3 Å². The number of thiazole rings is 1. The largest absolute Gasteiger partial charge is 0.324 e. The lowest BCUT2D eigenvalue weighted by atomic mass is 10.0. The van der Waals surface area contributed by atoms with Gasteiger partial charge in [-0.2, -0.15) is 0 Å². The standard InChI is InChI=1S/C20H19N3O2S/c24-18-9-4-11-22(18)14-23(20-21-10-12-26-20)19(25)13-16-7-3-6-15-5-1-2-8-17(15)16/h1-3,5-8,10,12H,4,9,11,13-14H2. The summed E-state index contributed by atoms with van der Waals surface area (Å²) in [6, 6.07) is 14.1. The summed E-state index contributed by atoms with van der Waals surface area (Å²) in [6.07, 6.45) is 3.37. The summed E-state index contributed by atoms with van der Waals surface area (Å²) in [5.41, 5.74) is 0.988. The molecular weight excluding hydrogens is 346 g/mol. The highest BCUT2D eigenvalue weighted by molar-refractivity contribution is 7.13. The van der Waals surface area contributed by atoms with Crippen LogP contribution in [0.15, 0.2) is 54.0 Å². The number of amides is 2. The van der Waals surface area contributed by atoms with Crippen LogP contribution in [0.25, 0.3) is 10.8 Å². The summed E-state index contributed by atoms with van der Waals surface area (Å²) in [6.45, 7) is 0.970. The van der Waals surface area contributed by atoms with E-state index in [1.165, 1.54) is 11.3 Å². The number of benzene rings is 2. The lowest BCUT2D eigenvalue weighted by Gasteiger charge is -2.26. The fraction of sp³-hybridized carbons (Fsp3) is 0.250. The van der Waals surface area contributed by atoms with Gasteiger partial charge in [-0.05, 0) is 22.8 Å². The first-order chi connectivity index (χ1) is 12.7. The summed E-state index contributed by atoms with van der Waals surface area (Å²) in [5, 5.41) is 4.68. The van der Waals surface area contributed by atoms with Gasteiger partial charge >= 0.3 is 0 Å². The van der Waals surface area contributed by atoms with Gasteiger partial charge in [-0.1, -0.05) is 42.5 Å². The van der Waals surface area contributed by atoms with Crippen LogP contribution in [0.4, 0.5) is 5.13 Å². The molecule has 2 heterocycles. The second-order valence-electron chi connectivity index (χ2n) is 6.35. The van der Waals surface area contributed by atoms with Crippen LogP contribution in [0.2, 0.25) is 0 Å². The molecule has 132 valence electrons. The lowest BCUT2D eigenvalue weighted by molar-refractivity contribution is -0.128. The Kier molecular flexibility index (Phi) is 4.67. The van der Waals surface area contributed by atoms with Gasteiger partial charge < -0.3 is 4.90 Å². The van der Waals surface area contributed by atoms with E-state index in [9.17, 15) is 9.59 Å². The molecule has 0 N–H and O–H groups in total. The van der Waals surface area contributed by atoms with Crippen LogP contribution < -0.4 is 4.90 Å². The summed E-state index contributed by atoms with van der Waals surface area (Å²) in [4.78, 5) is 32.8. The van der Waals surface area contributed by atoms with E-state index >= 15 is 0 Å². The molecule has 0 bridgehead atoms. The second kappa shape index (κ2) is 7.25. The number of likely N-dealkylation sites (tertiary alicyclic amines) is 1. The smallest absolute Gasteiger partial charge is 0.234 e. The van der Waals surface area contributed by atoms with Crippen molar-refractivity contribution in [3.05, 3.63) is 59.6 Å². The molecule has 1 aliphatic rings. The highest BCUT2D eigenvalue weighted by Crippen LogP contribution is 2.23. The van der Waals surface area contributed by atoms with Crippen molar-refractivity contribution in [3.63, 3.8) is 0 Å². The van der Waals surface area contributed by atoms with Gasteiger partial charge in [-0.25, -0.2) is 4.98 Å². The first kappa shape index (κ1) is 16.7. The fourth-order valence-corrected chi connectivity index (χ4v) is 3.98. The van der Waals surface area contributed by atoms with E-state index in [1.807, 2.05) is 47.8 Å². The maximum atomic E-state index is 13.1. The number of carbonyl (C=O) groups excluding carboxylic acids is 2. The highest BCUT2D eigenvalue weighted by atomic mass is 32.1. The Hall–Kier alpha value is -2.73. The van der Waals surface area contributed by atoms with E-state index in [4.69, 9.17) is 0 Å². The van der Waals surface area contributed by atoms with E-state index < -0.39 is 0 Å². The van der Waals surface area contributed by atoms with Crippen LogP contribution >= 0.6 is 11.3 Å². The molecule has 2 aromatic carbocycles. The molecule has 3 aromatic rings. The van der Waals surface area contributed by atoms with Crippen molar-refractivity contribution in [2.75, 3.05) is 18.1 Å². The SMILES string of the molecule is O=C1CCCN1CN(C(=O)Cc1cccc2ccccc12)c1nccs1. The number of hydrogen-bond donors (Lipinski definition) is 0. The van der Waals surface area contributed by atoms with Crippen LogP contribution in [0, 0.1) is 0 Å². The van der Waals surface area contributed by atoms with Crippen molar-refractivity contribution in [1.82, 2.24) is 9.88 Å². The normalized spacial score (nSPS) is 14.2. The van der Waals surface area contributed by atoms with Crippen molar-refractivity contribution < 1.29 is 9.59 Å². The molecule has 1 aromatic heterocycles. The molecule has 6 heteroatoms. The molecule has 1 fully saturated rings. The zero-order chi connectivity index (χ0) is 17.9. The van der Waals surface area contributed by atoms with Crippen LogP contribution in [0.1, 0.15) is 18.4 Å². The highest BCUT2D eigenvalue weighted by Gasteiger charge is 2.27. The number of hydrogen-bond acceptors (Lipinski definition) is 4. The zero-order valence-electron chi connectivity index (χ0n) is 14.3. The average Bonchev–Trinajstić information content (AvgIpc) is 3.32. The molecule has 0 spiro atoms. The number of anilines is 1. The predicted molar refractivity (Wildman–Crippen MR) is 103 cm³/mol. The maximum absolute atomic E-state index is 13.1. The lowest BCUT2D eigenvalue weighted by Crippen LogP contribution is -2.43. The minimum atomic E-state index is -0.0454. The molecule has 0 unspecified atom stereocenters. The van der Waals surface area contributed by atoms with Crippen molar-refractivity contribution in [1.29, 1.82) is 0 Å². The number of aromatic nitrogens is 1. The van der Waals surface area contributed by atoms with E-state index in [0.717, 1.165) is 22.8 Å². The zero-order valence-corrected chi connectivity index (χ0v) is 15.1. The van der Waals surface area contributed by atoms with Gasteiger partial charge in [0.1, 0.15) is 6.67 Å². The molecule has 26 heavy (non-hydrogen) atoms. The molecule has 4 rings (SSSR count). The molecular formula is C20H19N3O2S. The summed E-state index contributed by atoms with van der Waals surface area (Å²) in [5.74, 6) is 0.0560. The molecule has 1 saturated heterocycles. The predicted octanol–water partition coefficient (Wildman–Crippen LogP) is 3.45. The molecule has 1 aliphatic heterocycles. The van der Waals surface area contributed by atoms with E-state index in [0.29, 0.717) is 18.1 Å². The van der Waals surface area contributed by atoms with Crippen LogP contribution in [-0.4, -0.2) is 34.9 Å². The molecule has 2 amide bonds. The summed E-state index contributed by atoms with van der Waals surface area (Å²) in [7, 11) is 0. The average molecular weight is 365 g/mol. The van der Waals surface area contributed by atoms with Crippen molar-refractivity contribution >= 4 is 39.1 Å². The Bertz CT molecular complexity index is 934. The molecule has 0 aliphatic carbocycles. The Morgan fingerprint density at radius 2 is 2.04 bits per heavy atom. The third kappa shape index (κ3) is 3.32. The fourth-order valence-electron chi connectivity index (χ4n) is 3.32. The second-order valence-corrected chi connectivity index (χ2v) is 7.23. The summed E-state index contributed by atoms with van der Waals surface area (Å²) < 4.78 is 0. The van der Waals surface area contributed by atoms with Crippen LogP contribution in [0.3, 0.4) is 0 Å². The molecule has 0 radical (unpaired) electrons. The molecule has 0 saturated carbocycles. The third-order valence-corrected chi connectivity index (χ3v) is 5.45. The minimum absolute atomic E-state index is 0.0454. The van der Waals surface area contributed by atoms with Crippen molar-refractivity contribution in [2.24, 2.45) is 0 Å². The van der Waals surface area contributed by atoms with Gasteiger partial charge in [0, 0.05) is 24.5 Å². The van der Waals surface area contributed by atoms with Crippen molar-refractivity contribution in [3.8, 4) is 0 Å². The maximum Gasteiger partial charge on any atom is 0.234 e. The Labute approximate surface area is 155 Å². The molecule has 5 nitrogen and oxygen atoms in total. The van der Waals surface area contributed by atoms with E-state index in [2.05, 4.69) is 4.98 Å². The van der Waals surface area contributed by atoms with E-state index in [-0.39, 0.29) is 24.9 Å². The quantitative estimate of drug-likeness (QED) is 0.696. The number of nitrogens with zero attached hydrogens (tertiary/aromatic N) is 3. The Morgan fingerprint density at radius 1 is 1.19 bits per heavy atom.